The molecule has 2 N–H and O–H groups in total. The standard InChI is InChI=1S/C24H22N4O2/c29-23(9-8-17-13-27-22-7-2-1-5-20(17)22)28-14-19-10-16-4-3-6-21(24(16)30-19)18-11-25-15-26-12-18/h1-7,11-13,15,19,27H,8-10,14H2,(H,28,29)/t19-/m0/s1. The summed E-state index contributed by atoms with van der Waals surface area (Å²) in [5, 5.41) is 4.21. The van der Waals surface area contributed by atoms with E-state index >= 15 is 0 Å². The number of hydrogen-bond acceptors (Lipinski definition) is 4. The molecule has 0 spiro atoms. The quantitative estimate of drug-likeness (QED) is 0.519. The average Bonchev–Trinajstić information content (AvgIpc) is 3.40. The van der Waals surface area contributed by atoms with E-state index in [1.807, 2.05) is 36.5 Å². The summed E-state index contributed by atoms with van der Waals surface area (Å²) >= 11 is 0. The Balaban J connectivity index is 1.18. The number of ether oxygens (including phenoxy) is 1. The van der Waals surface area contributed by atoms with Gasteiger partial charge in [0, 0.05) is 53.5 Å². The van der Waals surface area contributed by atoms with Gasteiger partial charge in [-0.1, -0.05) is 36.4 Å². The lowest BCUT2D eigenvalue weighted by atomic mass is 10.0. The van der Waals surface area contributed by atoms with Crippen molar-refractivity contribution in [1.82, 2.24) is 20.3 Å². The zero-order valence-corrected chi connectivity index (χ0v) is 16.5. The summed E-state index contributed by atoms with van der Waals surface area (Å²) in [7, 11) is 0. The molecule has 0 fully saturated rings. The number of amides is 1. The van der Waals surface area contributed by atoms with Crippen LogP contribution < -0.4 is 10.1 Å². The Morgan fingerprint density at radius 3 is 2.90 bits per heavy atom. The molecule has 0 saturated carbocycles. The molecule has 30 heavy (non-hydrogen) atoms. The predicted octanol–water partition coefficient (Wildman–Crippen LogP) is 3.68. The number of nitrogens with zero attached hydrogens (tertiary/aromatic N) is 2. The summed E-state index contributed by atoms with van der Waals surface area (Å²) in [5.74, 6) is 0.905. The Morgan fingerprint density at radius 1 is 1.13 bits per heavy atom. The second kappa shape index (κ2) is 7.99. The first-order chi connectivity index (χ1) is 14.8. The van der Waals surface area contributed by atoms with Crippen LogP contribution in [0.1, 0.15) is 17.5 Å². The number of carbonyl (C=O) groups is 1. The third-order valence-electron chi connectivity index (χ3n) is 5.52. The number of aryl methyl sites for hydroxylation is 1. The fourth-order valence-electron chi connectivity index (χ4n) is 4.02. The number of benzene rings is 2. The first-order valence-electron chi connectivity index (χ1n) is 10.1. The Hall–Kier alpha value is -3.67. The molecule has 0 bridgehead atoms. The highest BCUT2D eigenvalue weighted by Gasteiger charge is 2.26. The van der Waals surface area contributed by atoms with Crippen LogP contribution in [0.25, 0.3) is 22.0 Å². The lowest BCUT2D eigenvalue weighted by molar-refractivity contribution is -0.121. The van der Waals surface area contributed by atoms with Gasteiger partial charge in [-0.05, 0) is 23.6 Å². The van der Waals surface area contributed by atoms with E-state index in [0.29, 0.717) is 19.4 Å². The highest BCUT2D eigenvalue weighted by atomic mass is 16.5. The SMILES string of the molecule is O=C(CCc1c[nH]c2ccccc12)NC[C@@H]1Cc2cccc(-c3cncnc3)c2O1. The average molecular weight is 398 g/mol. The van der Waals surface area contributed by atoms with Crippen LogP contribution in [0.4, 0.5) is 0 Å². The van der Waals surface area contributed by atoms with Crippen molar-refractivity contribution in [2.75, 3.05) is 6.54 Å². The minimum atomic E-state index is -0.0668. The topological polar surface area (TPSA) is 79.9 Å². The number of rotatable bonds is 6. The van der Waals surface area contributed by atoms with Crippen molar-refractivity contribution >= 4 is 16.8 Å². The van der Waals surface area contributed by atoms with Gasteiger partial charge in [0.2, 0.25) is 5.91 Å². The van der Waals surface area contributed by atoms with E-state index in [0.717, 1.165) is 34.4 Å². The number of carbonyl (C=O) groups excluding carboxylic acids is 1. The van der Waals surface area contributed by atoms with E-state index in [4.69, 9.17) is 4.74 Å². The number of H-pyrrole nitrogens is 1. The third-order valence-corrected chi connectivity index (χ3v) is 5.52. The zero-order chi connectivity index (χ0) is 20.3. The van der Waals surface area contributed by atoms with Crippen molar-refractivity contribution in [3.63, 3.8) is 0 Å². The van der Waals surface area contributed by atoms with Gasteiger partial charge >= 0.3 is 0 Å². The van der Waals surface area contributed by atoms with Crippen molar-refractivity contribution < 1.29 is 9.53 Å². The van der Waals surface area contributed by atoms with E-state index in [2.05, 4.69) is 32.4 Å². The van der Waals surface area contributed by atoms with Crippen LogP contribution in [0.2, 0.25) is 0 Å². The lowest BCUT2D eigenvalue weighted by Gasteiger charge is -2.13. The second-order valence-corrected chi connectivity index (χ2v) is 7.53. The van der Waals surface area contributed by atoms with Crippen LogP contribution >= 0.6 is 0 Å². The van der Waals surface area contributed by atoms with Gasteiger partial charge in [0.05, 0.1) is 6.54 Å². The molecule has 1 amide bonds. The highest BCUT2D eigenvalue weighted by molar-refractivity contribution is 5.84. The molecule has 5 rings (SSSR count). The van der Waals surface area contributed by atoms with Crippen LogP contribution in [0.5, 0.6) is 5.75 Å². The summed E-state index contributed by atoms with van der Waals surface area (Å²) in [5.41, 5.74) is 5.33. The number of aromatic nitrogens is 3. The first-order valence-corrected chi connectivity index (χ1v) is 10.1. The van der Waals surface area contributed by atoms with Gasteiger partial charge in [0.25, 0.3) is 0 Å². The predicted molar refractivity (Wildman–Crippen MR) is 115 cm³/mol. The third kappa shape index (κ3) is 3.64. The van der Waals surface area contributed by atoms with Gasteiger partial charge in [0.15, 0.2) is 0 Å². The number of fused-ring (bicyclic) bond motifs is 2. The molecule has 3 heterocycles. The van der Waals surface area contributed by atoms with Crippen molar-refractivity contribution in [1.29, 1.82) is 0 Å². The zero-order valence-electron chi connectivity index (χ0n) is 16.5. The normalized spacial score (nSPS) is 15.0. The fraction of sp³-hybridized carbons (Fsp3) is 0.208. The maximum absolute atomic E-state index is 12.4. The molecule has 150 valence electrons. The fourth-order valence-corrected chi connectivity index (χ4v) is 4.02. The molecule has 0 unspecified atom stereocenters. The molecule has 2 aromatic carbocycles. The molecule has 0 saturated heterocycles. The van der Waals surface area contributed by atoms with Crippen molar-refractivity contribution in [2.24, 2.45) is 0 Å². The maximum atomic E-state index is 12.4. The molecule has 0 aliphatic carbocycles. The minimum Gasteiger partial charge on any atom is -0.487 e. The summed E-state index contributed by atoms with van der Waals surface area (Å²) in [6.07, 6.45) is 8.94. The van der Waals surface area contributed by atoms with Crippen LogP contribution in [-0.4, -0.2) is 33.5 Å². The Bertz CT molecular complexity index is 1190. The molecular formula is C24H22N4O2. The van der Waals surface area contributed by atoms with E-state index in [9.17, 15) is 4.79 Å². The van der Waals surface area contributed by atoms with Crippen LogP contribution in [-0.2, 0) is 17.6 Å². The van der Waals surface area contributed by atoms with Crippen LogP contribution in [0, 0.1) is 0 Å². The van der Waals surface area contributed by atoms with Gasteiger partial charge in [0.1, 0.15) is 18.2 Å². The van der Waals surface area contributed by atoms with E-state index < -0.39 is 0 Å². The van der Waals surface area contributed by atoms with Crippen LogP contribution in [0.15, 0.2) is 67.4 Å². The highest BCUT2D eigenvalue weighted by Crippen LogP contribution is 2.38. The maximum Gasteiger partial charge on any atom is 0.220 e. The molecule has 2 aromatic heterocycles. The molecule has 6 nitrogen and oxygen atoms in total. The Labute approximate surface area is 174 Å². The summed E-state index contributed by atoms with van der Waals surface area (Å²) < 4.78 is 6.18. The largest absolute Gasteiger partial charge is 0.487 e. The number of hydrogen-bond donors (Lipinski definition) is 2. The van der Waals surface area contributed by atoms with Crippen molar-refractivity contribution in [3.8, 4) is 16.9 Å². The summed E-state index contributed by atoms with van der Waals surface area (Å²) in [6.45, 7) is 0.492. The van der Waals surface area contributed by atoms with Crippen LogP contribution in [0.3, 0.4) is 0 Å². The Kier molecular flexibility index (Phi) is 4.89. The molecule has 0 radical (unpaired) electrons. The van der Waals surface area contributed by atoms with Gasteiger partial charge in [-0.3, -0.25) is 4.79 Å². The molecule has 4 aromatic rings. The van der Waals surface area contributed by atoms with E-state index in [1.165, 1.54) is 17.3 Å². The summed E-state index contributed by atoms with van der Waals surface area (Å²) in [4.78, 5) is 23.9. The van der Waals surface area contributed by atoms with Gasteiger partial charge in [-0.2, -0.15) is 0 Å². The molecule has 6 heteroatoms. The Morgan fingerprint density at radius 2 is 2.00 bits per heavy atom. The monoisotopic (exact) mass is 398 g/mol. The van der Waals surface area contributed by atoms with E-state index in [-0.39, 0.29) is 12.0 Å². The van der Waals surface area contributed by atoms with E-state index in [1.54, 1.807) is 12.4 Å². The number of aromatic amines is 1. The summed E-state index contributed by atoms with van der Waals surface area (Å²) in [6, 6.07) is 14.3. The molecule has 1 atom stereocenters. The molecule has 1 aliphatic rings. The van der Waals surface area contributed by atoms with Gasteiger partial charge in [-0.25, -0.2) is 9.97 Å². The van der Waals surface area contributed by atoms with Gasteiger partial charge in [-0.15, -0.1) is 0 Å². The molecular weight excluding hydrogens is 376 g/mol. The van der Waals surface area contributed by atoms with Crippen molar-refractivity contribution in [3.05, 3.63) is 78.5 Å². The smallest absolute Gasteiger partial charge is 0.220 e. The van der Waals surface area contributed by atoms with Gasteiger partial charge < -0.3 is 15.0 Å². The number of para-hydroxylation sites is 2. The first kappa shape index (κ1) is 18.4. The second-order valence-electron chi connectivity index (χ2n) is 7.53. The lowest BCUT2D eigenvalue weighted by Crippen LogP contribution is -2.34. The molecule has 1 aliphatic heterocycles. The minimum absolute atomic E-state index is 0.0384. The van der Waals surface area contributed by atoms with Crippen molar-refractivity contribution in [2.45, 2.75) is 25.4 Å². The number of nitrogens with one attached hydrogen (secondary N) is 2.